The van der Waals surface area contributed by atoms with Gasteiger partial charge >= 0.3 is 0 Å². The van der Waals surface area contributed by atoms with E-state index in [9.17, 15) is 8.78 Å². The molecule has 7 heteroatoms. The monoisotopic (exact) mass is 374 g/mol. The Labute approximate surface area is 157 Å². The van der Waals surface area contributed by atoms with Gasteiger partial charge in [-0.25, -0.2) is 13.5 Å². The van der Waals surface area contributed by atoms with Gasteiger partial charge in [0.1, 0.15) is 17.3 Å². The first-order valence-electron chi connectivity index (χ1n) is 8.79. The Morgan fingerprint density at radius 1 is 1.22 bits per heavy atom. The number of aromatic nitrogens is 2. The van der Waals surface area contributed by atoms with E-state index in [0.29, 0.717) is 13.1 Å². The van der Waals surface area contributed by atoms with Crippen LogP contribution < -0.4 is 5.32 Å². The zero-order valence-electron chi connectivity index (χ0n) is 16.0. The van der Waals surface area contributed by atoms with Gasteiger partial charge in [0.2, 0.25) is 0 Å². The summed E-state index contributed by atoms with van der Waals surface area (Å²) in [4.78, 5) is 2.09. The lowest BCUT2D eigenvalue weighted by Gasteiger charge is -2.22. The van der Waals surface area contributed by atoms with E-state index in [0.717, 1.165) is 28.8 Å². The summed E-state index contributed by atoms with van der Waals surface area (Å²) in [5.41, 5.74) is 2.87. The number of likely N-dealkylation sites (N-methyl/N-ethyl adjacent to an activating group) is 1. The van der Waals surface area contributed by atoms with Gasteiger partial charge in [-0.05, 0) is 52.2 Å². The van der Waals surface area contributed by atoms with Gasteiger partial charge in [-0.15, -0.1) is 0 Å². The van der Waals surface area contributed by atoms with Crippen molar-refractivity contribution < 1.29 is 13.2 Å². The number of rotatable bonds is 7. The third kappa shape index (κ3) is 4.09. The van der Waals surface area contributed by atoms with Gasteiger partial charge in [-0.1, -0.05) is 0 Å². The molecule has 0 fully saturated rings. The van der Waals surface area contributed by atoms with Crippen LogP contribution in [0.1, 0.15) is 28.8 Å². The summed E-state index contributed by atoms with van der Waals surface area (Å²) in [6, 6.07) is 7.44. The molecule has 2 heterocycles. The first-order valence-corrected chi connectivity index (χ1v) is 8.79. The number of aryl methyl sites for hydroxylation is 1. The molecule has 1 atom stereocenters. The molecule has 3 aromatic rings. The summed E-state index contributed by atoms with van der Waals surface area (Å²) >= 11 is 0. The number of hydrogen-bond acceptors (Lipinski definition) is 4. The Balaban J connectivity index is 1.75. The molecule has 1 aromatic carbocycles. The lowest BCUT2D eigenvalue weighted by atomic mass is 10.1. The second-order valence-corrected chi connectivity index (χ2v) is 6.78. The van der Waals surface area contributed by atoms with Gasteiger partial charge < -0.3 is 9.73 Å². The van der Waals surface area contributed by atoms with Crippen molar-refractivity contribution in [2.24, 2.45) is 0 Å². The van der Waals surface area contributed by atoms with Crippen LogP contribution in [-0.2, 0) is 6.54 Å². The highest BCUT2D eigenvalue weighted by atomic mass is 19.1. The van der Waals surface area contributed by atoms with E-state index in [1.54, 1.807) is 6.26 Å². The molecule has 0 radical (unpaired) electrons. The first kappa shape index (κ1) is 19.3. The minimum atomic E-state index is -0.634. The molecule has 0 saturated heterocycles. The highest BCUT2D eigenvalue weighted by Crippen LogP contribution is 2.22. The van der Waals surface area contributed by atoms with Crippen molar-refractivity contribution in [2.45, 2.75) is 26.4 Å². The van der Waals surface area contributed by atoms with E-state index in [4.69, 9.17) is 4.42 Å². The van der Waals surface area contributed by atoms with Crippen molar-refractivity contribution >= 4 is 0 Å². The molecule has 27 heavy (non-hydrogen) atoms. The maximum atomic E-state index is 14.1. The molecule has 2 aromatic heterocycles. The van der Waals surface area contributed by atoms with Gasteiger partial charge in [0, 0.05) is 30.4 Å². The largest absolute Gasteiger partial charge is 0.468 e. The second kappa shape index (κ2) is 8.02. The second-order valence-electron chi connectivity index (χ2n) is 6.78. The number of halogens is 2. The van der Waals surface area contributed by atoms with Crippen LogP contribution in [0.4, 0.5) is 8.78 Å². The number of nitrogens with zero attached hydrogens (tertiary/aromatic N) is 3. The Hall–Kier alpha value is -2.51. The molecule has 1 unspecified atom stereocenters. The van der Waals surface area contributed by atoms with Crippen molar-refractivity contribution in [3.05, 3.63) is 70.9 Å². The van der Waals surface area contributed by atoms with Crippen LogP contribution in [0.5, 0.6) is 0 Å². The van der Waals surface area contributed by atoms with E-state index in [-0.39, 0.29) is 11.7 Å². The lowest BCUT2D eigenvalue weighted by Crippen LogP contribution is -2.30. The summed E-state index contributed by atoms with van der Waals surface area (Å²) in [6.45, 7) is 5.05. The van der Waals surface area contributed by atoms with Gasteiger partial charge in [0.05, 0.1) is 18.0 Å². The molecule has 0 spiro atoms. The average molecular weight is 374 g/mol. The lowest BCUT2D eigenvalue weighted by molar-refractivity contribution is 0.250. The number of hydrogen-bond donors (Lipinski definition) is 1. The van der Waals surface area contributed by atoms with Crippen LogP contribution in [0.15, 0.2) is 41.0 Å². The van der Waals surface area contributed by atoms with E-state index < -0.39 is 11.6 Å². The van der Waals surface area contributed by atoms with Crippen molar-refractivity contribution in [1.29, 1.82) is 0 Å². The Bertz CT molecular complexity index is 903. The highest BCUT2D eigenvalue weighted by Gasteiger charge is 2.19. The molecule has 5 nitrogen and oxygen atoms in total. The SMILES string of the molecule is Cc1nn(-c2ccc(F)cc2F)c(C)c1CNCC(c1ccco1)N(C)C. The summed E-state index contributed by atoms with van der Waals surface area (Å²) in [5.74, 6) is -0.344. The average Bonchev–Trinajstić information content (AvgIpc) is 3.21. The van der Waals surface area contributed by atoms with Crippen LogP contribution >= 0.6 is 0 Å². The third-order valence-electron chi connectivity index (χ3n) is 4.71. The molecule has 3 rings (SSSR count). The van der Waals surface area contributed by atoms with Gasteiger partial charge in [-0.2, -0.15) is 5.10 Å². The van der Waals surface area contributed by atoms with Crippen molar-refractivity contribution in [3.8, 4) is 5.69 Å². The minimum Gasteiger partial charge on any atom is -0.468 e. The summed E-state index contributed by atoms with van der Waals surface area (Å²) in [7, 11) is 4.00. The Morgan fingerprint density at radius 2 is 2.00 bits per heavy atom. The van der Waals surface area contributed by atoms with Gasteiger partial charge in [0.15, 0.2) is 5.82 Å². The van der Waals surface area contributed by atoms with Crippen LogP contribution in [0.25, 0.3) is 5.69 Å². The summed E-state index contributed by atoms with van der Waals surface area (Å²) in [5, 5.41) is 7.87. The van der Waals surface area contributed by atoms with Crippen LogP contribution in [-0.4, -0.2) is 35.3 Å². The van der Waals surface area contributed by atoms with Crippen LogP contribution in [0, 0.1) is 25.5 Å². The standard InChI is InChI=1S/C20H24F2N4O/c1-13-16(11-23-12-19(25(3)4)20-6-5-9-27-20)14(2)26(24-13)18-8-7-15(21)10-17(18)22/h5-10,19,23H,11-12H2,1-4H3. The van der Waals surface area contributed by atoms with Gasteiger partial charge in [-0.3, -0.25) is 4.90 Å². The summed E-state index contributed by atoms with van der Waals surface area (Å²) in [6.07, 6.45) is 1.67. The third-order valence-corrected chi connectivity index (χ3v) is 4.71. The smallest absolute Gasteiger partial charge is 0.151 e. The van der Waals surface area contributed by atoms with E-state index in [1.807, 2.05) is 40.1 Å². The molecule has 0 aliphatic carbocycles. The minimum absolute atomic E-state index is 0.102. The maximum absolute atomic E-state index is 14.1. The van der Waals surface area contributed by atoms with E-state index >= 15 is 0 Å². The highest BCUT2D eigenvalue weighted by molar-refractivity contribution is 5.38. The number of furan rings is 1. The molecule has 1 N–H and O–H groups in total. The van der Waals surface area contributed by atoms with E-state index in [2.05, 4.69) is 15.3 Å². The van der Waals surface area contributed by atoms with Gasteiger partial charge in [0.25, 0.3) is 0 Å². The fraction of sp³-hybridized carbons (Fsp3) is 0.350. The predicted molar refractivity (Wildman–Crippen MR) is 99.8 cm³/mol. The maximum Gasteiger partial charge on any atom is 0.151 e. The Morgan fingerprint density at radius 3 is 2.63 bits per heavy atom. The fourth-order valence-electron chi connectivity index (χ4n) is 3.17. The summed E-state index contributed by atoms with van der Waals surface area (Å²) < 4.78 is 34.4. The van der Waals surface area contributed by atoms with Crippen molar-refractivity contribution in [3.63, 3.8) is 0 Å². The van der Waals surface area contributed by atoms with Crippen molar-refractivity contribution in [2.75, 3.05) is 20.6 Å². The molecule has 144 valence electrons. The van der Waals surface area contributed by atoms with Crippen molar-refractivity contribution in [1.82, 2.24) is 20.0 Å². The topological polar surface area (TPSA) is 46.2 Å². The Kier molecular flexibility index (Phi) is 5.72. The molecule has 0 aliphatic heterocycles. The number of benzene rings is 1. The molecule has 0 saturated carbocycles. The molecular weight excluding hydrogens is 350 g/mol. The molecule has 0 amide bonds. The van der Waals surface area contributed by atoms with E-state index in [1.165, 1.54) is 16.8 Å². The predicted octanol–water partition coefficient (Wildman–Crippen LogP) is 3.75. The zero-order valence-corrected chi connectivity index (χ0v) is 16.0. The molecule has 0 aliphatic rings. The fourth-order valence-corrected chi connectivity index (χ4v) is 3.17. The normalized spacial score (nSPS) is 12.7. The zero-order chi connectivity index (χ0) is 19.6. The first-order chi connectivity index (χ1) is 12.9. The quantitative estimate of drug-likeness (QED) is 0.684. The molecule has 0 bridgehead atoms. The number of nitrogens with one attached hydrogen (secondary N) is 1. The van der Waals surface area contributed by atoms with Crippen LogP contribution in [0.2, 0.25) is 0 Å². The van der Waals surface area contributed by atoms with Crippen LogP contribution in [0.3, 0.4) is 0 Å². The molecular formula is C20H24F2N4O.